The van der Waals surface area contributed by atoms with E-state index in [1.54, 1.807) is 0 Å². The third kappa shape index (κ3) is 17.9. The van der Waals surface area contributed by atoms with Crippen LogP contribution in [0.5, 0.6) is 0 Å². The lowest BCUT2D eigenvalue weighted by Gasteiger charge is -2.59. The van der Waals surface area contributed by atoms with Crippen molar-refractivity contribution in [2.45, 2.75) is 132 Å². The molecule has 1 N–H and O–H groups in total. The molecule has 0 spiro atoms. The molecule has 8 aromatic carbocycles. The SMILES string of the molecule is CC(F)(F)C(=O)OCC12CC3CC(CC(O)(C3)C1)C2.CC(F)(F)C(F)(F)COCCc1cccc2ccccc12.Cc1ccc([S+](c2ccc(C)cc2)c2ccc(C)cc2)cc1.[BH][BH].c1ccc([S+](c2ccccc2)c2ccccc2)cc1. The predicted octanol–water partition coefficient (Wildman–Crippen LogP) is 16.4. The van der Waals surface area contributed by atoms with Gasteiger partial charge in [0, 0.05) is 34.7 Å². The summed E-state index contributed by atoms with van der Waals surface area (Å²) in [5, 5.41) is 12.6. The highest BCUT2D eigenvalue weighted by molar-refractivity contribution is 7.97. The van der Waals surface area contributed by atoms with Crippen LogP contribution in [0.4, 0.5) is 26.3 Å². The Bertz CT molecular complexity index is 3040. The Kier molecular flexibility index (Phi) is 22.6. The lowest BCUT2D eigenvalue weighted by atomic mass is 9.48. The standard InChI is InChI=1S/C21H21S.C18H15S.C16H16F4O.C14H20F2O3.B2H2/c1-16-4-10-19(11-5-16)22(20-12-6-17(2)7-13-20)21-14-8-18(3)9-15-21;1-4-10-16(11-5-1)19(17-12-6-2-7-13-17)18-14-8-3-9-15-18;1-15(17,18)16(19,20)11-21-10-9-13-7-4-6-12-5-2-3-8-14(12)13;1-12(15,16)11(17)19-8-13-3-9-2-10(4-13)6-14(18,5-9)7-13;1-2/h4-15H,1-3H3;1-15H;2-8H,9-11H2,1H3;9-10,18H,2-8H2,1H3;1-2H/q2*+1;;;. The van der Waals surface area contributed by atoms with Gasteiger partial charge in [0.25, 0.3) is 0 Å². The van der Waals surface area contributed by atoms with Gasteiger partial charge in [-0.3, -0.25) is 0 Å². The fourth-order valence-electron chi connectivity index (χ4n) is 11.4. The van der Waals surface area contributed by atoms with Gasteiger partial charge in [-0.05, 0) is 167 Å². The smallest absolute Gasteiger partial charge is 0.376 e. The first-order valence-corrected chi connectivity index (χ1v) is 30.5. The summed E-state index contributed by atoms with van der Waals surface area (Å²) in [6, 6.07) is 72.3. The number of rotatable bonds is 15. The second-order valence-electron chi connectivity index (χ2n) is 22.2. The number of alkyl halides is 6. The molecule has 4 aliphatic carbocycles. The largest absolute Gasteiger partial charge is 0.461 e. The van der Waals surface area contributed by atoms with Crippen molar-refractivity contribution in [3.8, 4) is 0 Å². The zero-order valence-electron chi connectivity index (χ0n) is 48.0. The van der Waals surface area contributed by atoms with Crippen molar-refractivity contribution in [2.75, 3.05) is 19.8 Å². The van der Waals surface area contributed by atoms with Gasteiger partial charge in [0.2, 0.25) is 0 Å². The van der Waals surface area contributed by atoms with Gasteiger partial charge in [-0.2, -0.15) is 17.6 Å². The maximum atomic E-state index is 13.0. The van der Waals surface area contributed by atoms with Gasteiger partial charge in [0.05, 0.1) is 40.6 Å². The highest BCUT2D eigenvalue weighted by Gasteiger charge is 2.58. The molecule has 83 heavy (non-hydrogen) atoms. The quantitative estimate of drug-likeness (QED) is 0.0365. The molecule has 2 radical (unpaired) electrons. The third-order valence-corrected chi connectivity index (χ3v) is 19.5. The van der Waals surface area contributed by atoms with Gasteiger partial charge in [0.1, 0.15) is 6.61 Å². The summed E-state index contributed by atoms with van der Waals surface area (Å²) in [6.45, 7) is 5.90. The molecule has 4 saturated carbocycles. The molecule has 14 heteroatoms. The Morgan fingerprint density at radius 1 is 0.542 bits per heavy atom. The summed E-state index contributed by atoms with van der Waals surface area (Å²) in [6.07, 6.45) is 5.55. The highest BCUT2D eigenvalue weighted by Crippen LogP contribution is 2.61. The lowest BCUT2D eigenvalue weighted by molar-refractivity contribution is -0.222. The van der Waals surface area contributed by atoms with Crippen LogP contribution in [0.3, 0.4) is 0 Å². The van der Waals surface area contributed by atoms with E-state index in [1.165, 1.54) is 46.1 Å². The van der Waals surface area contributed by atoms with E-state index in [-0.39, 0.29) is 47.3 Å². The first-order valence-electron chi connectivity index (χ1n) is 28.0. The number of aliphatic hydroxyl groups is 1. The second-order valence-corrected chi connectivity index (χ2v) is 26.2. The summed E-state index contributed by atoms with van der Waals surface area (Å²) >= 11 is 0. The molecule has 0 heterocycles. The minimum absolute atomic E-state index is 0.0146. The molecule has 4 aliphatic rings. The van der Waals surface area contributed by atoms with E-state index >= 15 is 0 Å². The van der Waals surface area contributed by atoms with E-state index < -0.39 is 35.9 Å². The maximum absolute atomic E-state index is 13.0. The van der Waals surface area contributed by atoms with Gasteiger partial charge in [0.15, 0.2) is 29.4 Å². The van der Waals surface area contributed by atoms with Crippen LogP contribution in [0.2, 0.25) is 0 Å². The maximum Gasteiger partial charge on any atom is 0.376 e. The van der Waals surface area contributed by atoms with Crippen LogP contribution < -0.4 is 0 Å². The van der Waals surface area contributed by atoms with E-state index in [0.29, 0.717) is 31.6 Å². The molecule has 2 atom stereocenters. The van der Waals surface area contributed by atoms with Crippen LogP contribution in [0.1, 0.15) is 74.6 Å². The highest BCUT2D eigenvalue weighted by atomic mass is 32.2. The van der Waals surface area contributed by atoms with Gasteiger partial charge >= 0.3 is 23.7 Å². The molecule has 4 nitrogen and oxygen atoms in total. The zero-order chi connectivity index (χ0) is 59.8. The predicted molar refractivity (Wildman–Crippen MR) is 329 cm³/mol. The van der Waals surface area contributed by atoms with Crippen LogP contribution in [0.25, 0.3) is 10.8 Å². The summed E-state index contributed by atoms with van der Waals surface area (Å²) in [5.41, 5.74) is 3.95. The number of carbonyl (C=O) groups excluding carboxylic acids is 1. The van der Waals surface area contributed by atoms with E-state index in [2.05, 4.69) is 200 Å². The molecule has 4 bridgehead atoms. The number of aryl methyl sites for hydroxylation is 3. The van der Waals surface area contributed by atoms with Gasteiger partial charge in [-0.1, -0.05) is 150 Å². The fourth-order valence-corrected chi connectivity index (χ4v) is 15.6. The van der Waals surface area contributed by atoms with E-state index in [9.17, 15) is 36.2 Å². The average Bonchev–Trinajstić information content (AvgIpc) is 2.94. The average molecular weight is 1170 g/mol. The van der Waals surface area contributed by atoms with E-state index in [4.69, 9.17) is 9.47 Å². The number of hydrogen-bond acceptors (Lipinski definition) is 4. The van der Waals surface area contributed by atoms with Gasteiger partial charge < -0.3 is 14.6 Å². The Morgan fingerprint density at radius 3 is 1.33 bits per heavy atom. The lowest BCUT2D eigenvalue weighted by Crippen LogP contribution is -2.57. The normalized spacial score (nSPS) is 18.8. The van der Waals surface area contributed by atoms with E-state index in [0.717, 1.165) is 48.4 Å². The molecule has 0 saturated heterocycles. The van der Waals surface area contributed by atoms with Gasteiger partial charge in [-0.15, -0.1) is 0 Å². The first-order chi connectivity index (χ1) is 39.6. The summed E-state index contributed by atoms with van der Waals surface area (Å²) in [4.78, 5) is 19.4. The molecule has 432 valence electrons. The number of hydrogen-bond donors (Lipinski definition) is 1. The second kappa shape index (κ2) is 29.1. The first kappa shape index (κ1) is 64.4. The van der Waals surface area contributed by atoms with Gasteiger partial charge in [-0.25, -0.2) is 13.6 Å². The Morgan fingerprint density at radius 2 is 0.928 bits per heavy atom. The Balaban J connectivity index is 0.000000158. The van der Waals surface area contributed by atoms with Crippen LogP contribution in [0.15, 0.2) is 236 Å². The number of esters is 1. The monoisotopic (exact) mass is 1170 g/mol. The third-order valence-electron chi connectivity index (χ3n) is 15.0. The number of benzene rings is 8. The van der Waals surface area contributed by atoms with Crippen molar-refractivity contribution in [3.05, 3.63) is 229 Å². The molecule has 0 aliphatic heterocycles. The number of ether oxygens (including phenoxy) is 2. The van der Waals surface area contributed by atoms with Crippen molar-refractivity contribution in [3.63, 3.8) is 0 Å². The minimum atomic E-state index is -4.15. The Labute approximate surface area is 494 Å². The van der Waals surface area contributed by atoms with E-state index in [1.807, 2.05) is 42.5 Å². The van der Waals surface area contributed by atoms with Crippen molar-refractivity contribution in [1.29, 1.82) is 0 Å². The van der Waals surface area contributed by atoms with Crippen LogP contribution >= 0.6 is 0 Å². The molecular weight excluding hydrogens is 1090 g/mol. The van der Waals surface area contributed by atoms with Crippen molar-refractivity contribution >= 4 is 54.0 Å². The number of halogens is 6. The molecule has 0 amide bonds. The molecular formula is C69H74B2F6O4S2+2. The zero-order valence-corrected chi connectivity index (χ0v) is 49.7. The Hall–Kier alpha value is -6.18. The molecule has 8 aromatic rings. The summed E-state index contributed by atoms with van der Waals surface area (Å²) in [7, 11) is 5.95. The van der Waals surface area contributed by atoms with Crippen molar-refractivity contribution < 1.29 is 45.7 Å². The molecule has 0 aromatic heterocycles. The van der Waals surface area contributed by atoms with Crippen LogP contribution in [-0.4, -0.2) is 69.7 Å². The molecule has 4 fully saturated rings. The molecule has 2 unspecified atom stereocenters. The minimum Gasteiger partial charge on any atom is -0.461 e. The van der Waals surface area contributed by atoms with Crippen molar-refractivity contribution in [1.82, 2.24) is 0 Å². The topological polar surface area (TPSA) is 55.8 Å². The fraction of sp³-hybridized carbons (Fsp3) is 0.319. The summed E-state index contributed by atoms with van der Waals surface area (Å²) < 4.78 is 86.6. The summed E-state index contributed by atoms with van der Waals surface area (Å²) in [5.74, 6) is -12.2. The number of carbonyl (C=O) groups is 1. The van der Waals surface area contributed by atoms with Crippen LogP contribution in [0, 0.1) is 38.0 Å². The molecule has 12 rings (SSSR count). The van der Waals surface area contributed by atoms with Crippen LogP contribution in [-0.2, 0) is 42.5 Å². The van der Waals surface area contributed by atoms with Crippen molar-refractivity contribution in [2.24, 2.45) is 17.3 Å². The number of fused-ring (bicyclic) bond motifs is 1.